The van der Waals surface area contributed by atoms with Gasteiger partial charge >= 0.3 is 0 Å². The van der Waals surface area contributed by atoms with E-state index in [0.29, 0.717) is 5.82 Å². The number of fused-ring (bicyclic) bond motifs is 2. The summed E-state index contributed by atoms with van der Waals surface area (Å²) in [5, 5.41) is 4.66. The summed E-state index contributed by atoms with van der Waals surface area (Å²) >= 11 is 0. The van der Waals surface area contributed by atoms with Crippen molar-refractivity contribution in [2.45, 2.75) is 0 Å². The van der Waals surface area contributed by atoms with Gasteiger partial charge in [0.1, 0.15) is 0 Å². The third kappa shape index (κ3) is 4.81. The molecule has 0 saturated heterocycles. The fourth-order valence-corrected chi connectivity index (χ4v) is 5.99. The molecule has 0 aliphatic rings. The summed E-state index contributed by atoms with van der Waals surface area (Å²) in [4.78, 5) is 14.7. The Morgan fingerprint density at radius 3 is 1.59 bits per heavy atom. The highest BCUT2D eigenvalue weighted by atomic mass is 14.9. The van der Waals surface area contributed by atoms with Crippen LogP contribution in [-0.4, -0.2) is 15.0 Å². The van der Waals surface area contributed by atoms with Crippen LogP contribution in [0.4, 0.5) is 0 Å². The first-order chi connectivity index (χ1) is 21.8. The zero-order valence-corrected chi connectivity index (χ0v) is 23.9. The number of rotatable bonds is 5. The van der Waals surface area contributed by atoms with E-state index < -0.39 is 0 Å². The molecule has 0 bridgehead atoms. The number of hydrogen-bond acceptors (Lipinski definition) is 3. The van der Waals surface area contributed by atoms with Crippen LogP contribution in [0.1, 0.15) is 0 Å². The average molecular weight is 562 g/mol. The highest BCUT2D eigenvalue weighted by molar-refractivity contribution is 5.98. The normalized spacial score (nSPS) is 11.2. The first-order valence-corrected chi connectivity index (χ1v) is 14.8. The molecule has 8 rings (SSSR count). The predicted octanol–water partition coefficient (Wildman–Crippen LogP) is 10.5. The van der Waals surface area contributed by atoms with Crippen LogP contribution in [0.25, 0.3) is 77.7 Å². The molecule has 6 aromatic carbocycles. The molecule has 0 fully saturated rings. The monoisotopic (exact) mass is 561 g/mol. The van der Waals surface area contributed by atoms with Gasteiger partial charge in [0.15, 0.2) is 5.82 Å². The summed E-state index contributed by atoms with van der Waals surface area (Å²) in [6.07, 6.45) is 3.71. The Balaban J connectivity index is 1.31. The molecule has 8 aromatic rings. The van der Waals surface area contributed by atoms with Gasteiger partial charge < -0.3 is 0 Å². The average Bonchev–Trinajstić information content (AvgIpc) is 3.11. The van der Waals surface area contributed by atoms with Crippen molar-refractivity contribution in [3.63, 3.8) is 0 Å². The number of pyridine rings is 1. The molecule has 0 saturated carbocycles. The third-order valence-corrected chi connectivity index (χ3v) is 8.17. The number of benzene rings is 6. The molecule has 0 N–H and O–H groups in total. The second-order valence-electron chi connectivity index (χ2n) is 10.9. The molecule has 2 aromatic heterocycles. The summed E-state index contributed by atoms with van der Waals surface area (Å²) in [6.45, 7) is 0. The molecule has 2 heterocycles. The van der Waals surface area contributed by atoms with Gasteiger partial charge in [-0.2, -0.15) is 0 Å². The Bertz CT molecular complexity index is 2180. The van der Waals surface area contributed by atoms with Crippen LogP contribution in [-0.2, 0) is 0 Å². The van der Waals surface area contributed by atoms with Crippen LogP contribution >= 0.6 is 0 Å². The molecule has 0 unspecified atom stereocenters. The maximum Gasteiger partial charge on any atom is 0.161 e. The van der Waals surface area contributed by atoms with Gasteiger partial charge in [0, 0.05) is 34.6 Å². The quantitative estimate of drug-likeness (QED) is 0.210. The number of hydrogen-bond donors (Lipinski definition) is 0. The SMILES string of the molecule is c1cncc(-c2cccc(-c3cccc(-c4cc(-c5cccc6ccccc56)nc(-c5cccc6ccccc56)n4)c3)c2)c1. The van der Waals surface area contributed by atoms with E-state index >= 15 is 0 Å². The second kappa shape index (κ2) is 11.0. The van der Waals surface area contributed by atoms with E-state index in [1.807, 2.05) is 12.3 Å². The highest BCUT2D eigenvalue weighted by Crippen LogP contribution is 2.35. The standard InChI is InChI=1S/C41H27N3/c1-3-19-35-28(10-1)12-7-21-37(35)40-26-39(43-41(44-40)38-22-8-13-29-11-2-4-20-36(29)38)33-17-6-15-31(25-33)30-14-5-16-32(24-30)34-18-9-23-42-27-34/h1-27H. The first kappa shape index (κ1) is 25.8. The van der Waals surface area contributed by atoms with Gasteiger partial charge in [-0.25, -0.2) is 9.97 Å². The minimum absolute atomic E-state index is 0.714. The molecule has 206 valence electrons. The Morgan fingerprint density at radius 2 is 0.886 bits per heavy atom. The molecule has 0 radical (unpaired) electrons. The highest BCUT2D eigenvalue weighted by Gasteiger charge is 2.15. The van der Waals surface area contributed by atoms with E-state index in [9.17, 15) is 0 Å². The predicted molar refractivity (Wildman–Crippen MR) is 182 cm³/mol. The fourth-order valence-electron chi connectivity index (χ4n) is 5.99. The largest absolute Gasteiger partial charge is 0.264 e. The number of aromatic nitrogens is 3. The van der Waals surface area contributed by atoms with Crippen LogP contribution in [0.2, 0.25) is 0 Å². The van der Waals surface area contributed by atoms with Crippen LogP contribution in [0, 0.1) is 0 Å². The van der Waals surface area contributed by atoms with Crippen molar-refractivity contribution >= 4 is 21.5 Å². The third-order valence-electron chi connectivity index (χ3n) is 8.17. The van der Waals surface area contributed by atoms with Crippen molar-refractivity contribution in [2.24, 2.45) is 0 Å². The minimum atomic E-state index is 0.714. The van der Waals surface area contributed by atoms with Crippen molar-refractivity contribution in [1.82, 2.24) is 15.0 Å². The maximum absolute atomic E-state index is 5.21. The molecule has 44 heavy (non-hydrogen) atoms. The van der Waals surface area contributed by atoms with Crippen molar-refractivity contribution in [3.8, 4) is 56.2 Å². The zero-order valence-electron chi connectivity index (χ0n) is 23.9. The summed E-state index contributed by atoms with van der Waals surface area (Å²) in [5.74, 6) is 0.714. The summed E-state index contributed by atoms with van der Waals surface area (Å²) in [7, 11) is 0. The van der Waals surface area contributed by atoms with Gasteiger partial charge in [0.2, 0.25) is 0 Å². The lowest BCUT2D eigenvalue weighted by Gasteiger charge is -2.13. The molecular weight excluding hydrogens is 534 g/mol. The second-order valence-corrected chi connectivity index (χ2v) is 10.9. The van der Waals surface area contributed by atoms with E-state index in [-0.39, 0.29) is 0 Å². The Hall–Kier alpha value is -5.93. The molecule has 3 nitrogen and oxygen atoms in total. The molecule has 0 atom stereocenters. The maximum atomic E-state index is 5.21. The van der Waals surface area contributed by atoms with E-state index in [1.54, 1.807) is 6.20 Å². The summed E-state index contributed by atoms with van der Waals surface area (Å²) in [6, 6.07) is 53.1. The van der Waals surface area contributed by atoms with Crippen LogP contribution in [0.3, 0.4) is 0 Å². The topological polar surface area (TPSA) is 38.7 Å². The van der Waals surface area contributed by atoms with Gasteiger partial charge in [0.05, 0.1) is 11.4 Å². The minimum Gasteiger partial charge on any atom is -0.264 e. The molecule has 0 amide bonds. The summed E-state index contributed by atoms with van der Waals surface area (Å²) in [5.41, 5.74) is 9.45. The Labute approximate surface area is 256 Å². The van der Waals surface area contributed by atoms with E-state index in [2.05, 4.69) is 151 Å². The van der Waals surface area contributed by atoms with Crippen molar-refractivity contribution in [3.05, 3.63) is 164 Å². The molecule has 0 aliphatic carbocycles. The van der Waals surface area contributed by atoms with E-state index in [4.69, 9.17) is 9.97 Å². The van der Waals surface area contributed by atoms with Gasteiger partial charge in [-0.1, -0.05) is 127 Å². The van der Waals surface area contributed by atoms with Gasteiger partial charge in [-0.15, -0.1) is 0 Å². The Kier molecular flexibility index (Phi) is 6.47. The van der Waals surface area contributed by atoms with Crippen molar-refractivity contribution in [2.75, 3.05) is 0 Å². The van der Waals surface area contributed by atoms with E-state index in [1.165, 1.54) is 16.2 Å². The van der Waals surface area contributed by atoms with Crippen LogP contribution in [0.5, 0.6) is 0 Å². The smallest absolute Gasteiger partial charge is 0.161 e. The van der Waals surface area contributed by atoms with Crippen molar-refractivity contribution < 1.29 is 0 Å². The first-order valence-electron chi connectivity index (χ1n) is 14.8. The fraction of sp³-hybridized carbons (Fsp3) is 0. The van der Waals surface area contributed by atoms with Crippen LogP contribution < -0.4 is 0 Å². The van der Waals surface area contributed by atoms with Gasteiger partial charge in [-0.3, -0.25) is 4.98 Å². The van der Waals surface area contributed by atoms with Gasteiger partial charge in [0.25, 0.3) is 0 Å². The zero-order chi connectivity index (χ0) is 29.3. The molecule has 3 heteroatoms. The summed E-state index contributed by atoms with van der Waals surface area (Å²) < 4.78 is 0. The Morgan fingerprint density at radius 1 is 0.364 bits per heavy atom. The molecular formula is C41H27N3. The van der Waals surface area contributed by atoms with Crippen LogP contribution in [0.15, 0.2) is 164 Å². The lowest BCUT2D eigenvalue weighted by molar-refractivity contribution is 1.19. The lowest BCUT2D eigenvalue weighted by atomic mass is 9.97. The number of nitrogens with zero attached hydrogens (tertiary/aromatic N) is 3. The van der Waals surface area contributed by atoms with E-state index in [0.717, 1.165) is 55.7 Å². The molecule has 0 spiro atoms. The molecule has 0 aliphatic heterocycles. The lowest BCUT2D eigenvalue weighted by Crippen LogP contribution is -1.97. The van der Waals surface area contributed by atoms with Crippen molar-refractivity contribution in [1.29, 1.82) is 0 Å². The van der Waals surface area contributed by atoms with Gasteiger partial charge in [-0.05, 0) is 62.5 Å².